The van der Waals surface area contributed by atoms with E-state index in [-0.39, 0.29) is 17.9 Å². The highest BCUT2D eigenvalue weighted by Crippen LogP contribution is 2.60. The van der Waals surface area contributed by atoms with Crippen molar-refractivity contribution in [3.05, 3.63) is 59.7 Å². The Hall–Kier alpha value is -3.39. The number of aliphatic carboxylic acids is 1. The number of nitrogens with one attached hydrogen (secondary N) is 2. The van der Waals surface area contributed by atoms with Gasteiger partial charge in [0.1, 0.15) is 12.1 Å². The van der Waals surface area contributed by atoms with E-state index in [9.17, 15) is 14.4 Å². The molecule has 0 aliphatic heterocycles. The molecule has 0 radical (unpaired) electrons. The number of fused-ring (bicyclic) bond motifs is 3. The van der Waals surface area contributed by atoms with Gasteiger partial charge < -0.3 is 15.2 Å². The lowest BCUT2D eigenvalue weighted by Gasteiger charge is -2.59. The molecule has 1 spiro atoms. The zero-order chi connectivity index (χ0) is 23.1. The molecule has 0 atom stereocenters. The summed E-state index contributed by atoms with van der Waals surface area (Å²) in [5.41, 5.74) is 5.60. The summed E-state index contributed by atoms with van der Waals surface area (Å²) in [4.78, 5) is 41.0. The summed E-state index contributed by atoms with van der Waals surface area (Å²) in [6.07, 6.45) is 3.46. The van der Waals surface area contributed by atoms with Gasteiger partial charge in [-0.05, 0) is 53.4 Å². The fourth-order valence-electron chi connectivity index (χ4n) is 5.66. The van der Waals surface area contributed by atoms with Crippen molar-refractivity contribution in [3.63, 3.8) is 0 Å². The summed E-state index contributed by atoms with van der Waals surface area (Å²) in [5.74, 6) is -1.82. The van der Waals surface area contributed by atoms with Crippen molar-refractivity contribution in [3.8, 4) is 11.1 Å². The molecule has 0 saturated heterocycles. The maximum absolute atomic E-state index is 12.8. The molecule has 0 heterocycles. The van der Waals surface area contributed by atoms with Gasteiger partial charge in [-0.1, -0.05) is 55.0 Å². The molecule has 3 aliphatic rings. The number of benzene rings is 2. The first-order valence-corrected chi connectivity index (χ1v) is 11.2. The lowest BCUT2D eigenvalue weighted by molar-refractivity contribution is -0.161. The lowest BCUT2D eigenvalue weighted by Crippen LogP contribution is -2.70. The van der Waals surface area contributed by atoms with Crippen molar-refractivity contribution < 1.29 is 29.1 Å². The topological polar surface area (TPSA) is 114 Å². The number of carboxylic acid groups (broad SMARTS) is 1. The summed E-state index contributed by atoms with van der Waals surface area (Å²) < 4.78 is 5.62. The maximum Gasteiger partial charge on any atom is 0.408 e. The van der Waals surface area contributed by atoms with Crippen molar-refractivity contribution in [2.24, 2.45) is 5.41 Å². The Bertz CT molecular complexity index is 1060. The third-order valence-electron chi connectivity index (χ3n) is 7.25. The van der Waals surface area contributed by atoms with Crippen LogP contribution in [0.25, 0.3) is 11.1 Å². The number of hydroxylamine groups is 1. The normalized spacial score (nSPS) is 18.9. The van der Waals surface area contributed by atoms with Crippen LogP contribution in [0.2, 0.25) is 0 Å². The molecular weight excluding hydrogens is 424 g/mol. The molecule has 172 valence electrons. The number of ether oxygens (including phenoxy) is 1. The fraction of sp³-hybridized carbons (Fsp3) is 0.400. The zero-order valence-corrected chi connectivity index (χ0v) is 18.1. The van der Waals surface area contributed by atoms with E-state index in [0.29, 0.717) is 12.8 Å². The minimum absolute atomic E-state index is 0.0702. The predicted octanol–water partition coefficient (Wildman–Crippen LogP) is 3.36. The van der Waals surface area contributed by atoms with Gasteiger partial charge in [0.2, 0.25) is 0 Å². The molecule has 0 aromatic heterocycles. The van der Waals surface area contributed by atoms with Crippen LogP contribution >= 0.6 is 0 Å². The third-order valence-corrected chi connectivity index (χ3v) is 7.25. The van der Waals surface area contributed by atoms with Gasteiger partial charge >= 0.3 is 12.1 Å². The summed E-state index contributed by atoms with van der Waals surface area (Å²) in [5, 5.41) is 11.5. The third kappa shape index (κ3) is 3.84. The van der Waals surface area contributed by atoms with E-state index in [0.717, 1.165) is 41.5 Å². The predicted molar refractivity (Wildman–Crippen MR) is 118 cm³/mol. The average molecular weight is 450 g/mol. The zero-order valence-electron chi connectivity index (χ0n) is 18.1. The van der Waals surface area contributed by atoms with Crippen LogP contribution in [0.5, 0.6) is 0 Å². The Kier molecular flexibility index (Phi) is 5.32. The van der Waals surface area contributed by atoms with Gasteiger partial charge in [0.25, 0.3) is 5.91 Å². The van der Waals surface area contributed by atoms with Crippen molar-refractivity contribution in [2.75, 3.05) is 13.2 Å². The fourth-order valence-corrected chi connectivity index (χ4v) is 5.66. The highest BCUT2D eigenvalue weighted by molar-refractivity contribution is 5.91. The van der Waals surface area contributed by atoms with Crippen LogP contribution in [0.15, 0.2) is 48.5 Å². The Labute approximate surface area is 191 Å². The smallest absolute Gasteiger partial charge is 0.408 e. The van der Waals surface area contributed by atoms with E-state index < -0.39 is 30.1 Å². The average Bonchev–Trinajstić information content (AvgIpc) is 3.07. The molecule has 3 N–H and O–H groups in total. The van der Waals surface area contributed by atoms with E-state index in [4.69, 9.17) is 14.7 Å². The number of hydrogen-bond donors (Lipinski definition) is 3. The van der Waals surface area contributed by atoms with E-state index in [1.807, 2.05) is 36.4 Å². The van der Waals surface area contributed by atoms with Crippen molar-refractivity contribution >= 4 is 18.0 Å². The van der Waals surface area contributed by atoms with Gasteiger partial charge in [0.05, 0.1) is 0 Å². The Morgan fingerprint density at radius 2 is 1.58 bits per heavy atom. The minimum atomic E-state index is -1.20. The molecule has 2 aromatic carbocycles. The van der Waals surface area contributed by atoms with E-state index >= 15 is 0 Å². The molecule has 8 nitrogen and oxygen atoms in total. The summed E-state index contributed by atoms with van der Waals surface area (Å²) in [7, 11) is 0. The second-order valence-electron chi connectivity index (χ2n) is 9.35. The monoisotopic (exact) mass is 450 g/mol. The molecule has 0 unspecified atom stereocenters. The van der Waals surface area contributed by atoms with Crippen LogP contribution < -0.4 is 10.8 Å². The van der Waals surface area contributed by atoms with Crippen molar-refractivity contribution in [1.29, 1.82) is 0 Å². The summed E-state index contributed by atoms with van der Waals surface area (Å²) in [6.45, 7) is -0.504. The summed E-state index contributed by atoms with van der Waals surface area (Å²) in [6, 6.07) is 16.2. The molecule has 2 amide bonds. The highest BCUT2D eigenvalue weighted by atomic mass is 16.7. The van der Waals surface area contributed by atoms with Crippen LogP contribution in [0.4, 0.5) is 4.79 Å². The van der Waals surface area contributed by atoms with Crippen molar-refractivity contribution in [1.82, 2.24) is 10.8 Å². The maximum atomic E-state index is 12.8. The van der Waals surface area contributed by atoms with E-state index in [1.54, 1.807) is 0 Å². The Morgan fingerprint density at radius 3 is 2.12 bits per heavy atom. The lowest BCUT2D eigenvalue weighted by atomic mass is 9.48. The van der Waals surface area contributed by atoms with Crippen LogP contribution in [-0.2, 0) is 19.2 Å². The van der Waals surface area contributed by atoms with Crippen LogP contribution in [0.1, 0.15) is 49.1 Å². The van der Waals surface area contributed by atoms with Gasteiger partial charge in [-0.2, -0.15) is 0 Å². The number of alkyl carbamates (subject to hydrolysis) is 1. The first-order valence-electron chi connectivity index (χ1n) is 11.2. The number of carboxylic acids is 1. The van der Waals surface area contributed by atoms with Gasteiger partial charge in [-0.25, -0.2) is 15.1 Å². The molecule has 3 aliphatic carbocycles. The second-order valence-corrected chi connectivity index (χ2v) is 9.35. The van der Waals surface area contributed by atoms with Gasteiger partial charge in [0.15, 0.2) is 6.61 Å². The van der Waals surface area contributed by atoms with Gasteiger partial charge in [-0.3, -0.25) is 9.63 Å². The molecule has 2 fully saturated rings. The minimum Gasteiger partial charge on any atom is -0.479 e. The summed E-state index contributed by atoms with van der Waals surface area (Å²) >= 11 is 0. The number of rotatable bonds is 7. The Balaban J connectivity index is 1.25. The quantitative estimate of drug-likeness (QED) is 0.558. The standard InChI is InChI=1S/C25H26N2O6/c28-21(29)13-33-27-22(30)25(14-24(15-25)10-5-11-24)26-23(31)32-12-20-18-8-3-1-6-16(18)17-7-2-4-9-19(17)20/h1-4,6-9,20H,5,10-15H2,(H,26,31)(H,27,30)(H,28,29). The Morgan fingerprint density at radius 1 is 0.970 bits per heavy atom. The number of carbonyl (C=O) groups excluding carboxylic acids is 2. The first-order chi connectivity index (χ1) is 15.9. The van der Waals surface area contributed by atoms with E-state index in [1.165, 1.54) is 0 Å². The number of hydrogen-bond acceptors (Lipinski definition) is 5. The molecular formula is C25H26N2O6. The van der Waals surface area contributed by atoms with Gasteiger partial charge in [-0.15, -0.1) is 0 Å². The second kappa shape index (κ2) is 8.19. The van der Waals surface area contributed by atoms with Crippen LogP contribution in [-0.4, -0.2) is 41.8 Å². The number of amides is 2. The molecule has 2 aromatic rings. The molecule has 0 bridgehead atoms. The highest BCUT2D eigenvalue weighted by Gasteiger charge is 2.62. The molecule has 33 heavy (non-hydrogen) atoms. The van der Waals surface area contributed by atoms with E-state index in [2.05, 4.69) is 22.9 Å². The van der Waals surface area contributed by atoms with Crippen molar-refractivity contribution in [2.45, 2.75) is 43.6 Å². The molecule has 8 heteroatoms. The molecule has 5 rings (SSSR count). The van der Waals surface area contributed by atoms with Crippen LogP contribution in [0, 0.1) is 5.41 Å². The largest absolute Gasteiger partial charge is 0.479 e. The number of carbonyl (C=O) groups is 3. The first kappa shape index (κ1) is 21.5. The van der Waals surface area contributed by atoms with Crippen LogP contribution in [0.3, 0.4) is 0 Å². The van der Waals surface area contributed by atoms with Gasteiger partial charge in [0, 0.05) is 5.92 Å². The SMILES string of the molecule is O=C(O)CONC(=O)C1(NC(=O)OCC2c3ccccc3-c3ccccc32)CC2(CCC2)C1. The molecule has 2 saturated carbocycles.